The number of nitrogens with one attached hydrogen (secondary N) is 1. The second kappa shape index (κ2) is 8.85. The second-order valence-corrected chi connectivity index (χ2v) is 6.84. The zero-order chi connectivity index (χ0) is 19.3. The average Bonchev–Trinajstić information content (AvgIpc) is 2.61. The van der Waals surface area contributed by atoms with Gasteiger partial charge in [0, 0.05) is 12.0 Å². The molecule has 26 heavy (non-hydrogen) atoms. The summed E-state index contributed by atoms with van der Waals surface area (Å²) in [6, 6.07) is 11.1. The molecule has 2 atom stereocenters. The zero-order valence-electron chi connectivity index (χ0n) is 15.1. The normalized spacial score (nSPS) is 13.5. The first-order valence-electron chi connectivity index (χ1n) is 8.64. The van der Waals surface area contributed by atoms with Gasteiger partial charge in [0.05, 0.1) is 5.69 Å². The van der Waals surface area contributed by atoms with Crippen LogP contribution in [0.25, 0.3) is 0 Å². The summed E-state index contributed by atoms with van der Waals surface area (Å²) >= 11 is 0. The van der Waals surface area contributed by atoms with Crippen LogP contribution in [0.3, 0.4) is 0 Å². The number of anilines is 1. The molecule has 0 saturated carbocycles. The largest absolute Gasteiger partial charge is 0.330 e. The minimum Gasteiger partial charge on any atom is -0.330 e. The highest BCUT2D eigenvalue weighted by atomic mass is 19.2. The first kappa shape index (κ1) is 20.0. The van der Waals surface area contributed by atoms with Crippen LogP contribution in [0.2, 0.25) is 0 Å². The van der Waals surface area contributed by atoms with Crippen LogP contribution in [0.5, 0.6) is 0 Å². The van der Waals surface area contributed by atoms with Crippen molar-refractivity contribution in [3.8, 4) is 0 Å². The van der Waals surface area contributed by atoms with Crippen LogP contribution in [0.1, 0.15) is 38.8 Å². The third-order valence-corrected chi connectivity index (χ3v) is 4.18. The fraction of sp³-hybridized carbons (Fsp3) is 0.350. The van der Waals surface area contributed by atoms with E-state index in [9.17, 15) is 18.0 Å². The van der Waals surface area contributed by atoms with Crippen molar-refractivity contribution in [2.24, 2.45) is 5.92 Å². The number of hydrogen-bond acceptors (Lipinski definition) is 1. The summed E-state index contributed by atoms with van der Waals surface area (Å²) in [4.78, 5) is 12.4. The van der Waals surface area contributed by atoms with Gasteiger partial charge in [0.1, 0.15) is 6.04 Å². The molecule has 0 aliphatic heterocycles. The van der Waals surface area contributed by atoms with Crippen molar-refractivity contribution in [3.05, 3.63) is 65.5 Å². The van der Waals surface area contributed by atoms with E-state index in [1.165, 1.54) is 0 Å². The van der Waals surface area contributed by atoms with Crippen LogP contribution in [-0.2, 0) is 4.79 Å². The average molecular weight is 365 g/mol. The molecule has 0 saturated heterocycles. The van der Waals surface area contributed by atoms with Gasteiger partial charge in [-0.3, -0.25) is 4.79 Å². The van der Waals surface area contributed by atoms with Crippen LogP contribution >= 0.6 is 0 Å². The van der Waals surface area contributed by atoms with Gasteiger partial charge < -0.3 is 10.6 Å². The first-order chi connectivity index (χ1) is 12.3. The number of halogens is 3. The van der Waals surface area contributed by atoms with Crippen LogP contribution < -0.4 is 10.6 Å². The first-order valence-corrected chi connectivity index (χ1v) is 8.64. The summed E-state index contributed by atoms with van der Waals surface area (Å²) in [6.07, 6.45) is 0.862. The van der Waals surface area contributed by atoms with Crippen molar-refractivity contribution >= 4 is 11.6 Å². The maximum Gasteiger partial charge on any atom is 0.282 e. The van der Waals surface area contributed by atoms with Crippen molar-refractivity contribution in [2.75, 3.05) is 5.32 Å². The molecule has 1 amide bonds. The summed E-state index contributed by atoms with van der Waals surface area (Å²) in [5, 5.41) is 4.24. The van der Waals surface area contributed by atoms with Gasteiger partial charge in [-0.1, -0.05) is 44.2 Å². The highest BCUT2D eigenvalue weighted by Gasteiger charge is 2.25. The maximum atomic E-state index is 13.7. The van der Waals surface area contributed by atoms with Crippen LogP contribution in [0, 0.1) is 23.4 Å². The number of quaternary nitrogens is 1. The number of nitrogens with two attached hydrogens (primary N) is 1. The molecule has 0 radical (unpaired) electrons. The number of hydrogen-bond donors (Lipinski definition) is 2. The molecule has 0 spiro atoms. The standard InChI is InChI=1S/C20H23F3N2O/c1-12(2)11-17(14-7-5-4-6-8-14)24-13(3)20(26)25-16-10-9-15(21)18(22)19(16)23/h4-10,12-13,17,24H,11H2,1-3H3,(H,25,26)/p+1/t13-,17-/m0/s1. The Balaban J connectivity index is 2.10. The van der Waals surface area contributed by atoms with Gasteiger partial charge in [0.2, 0.25) is 0 Å². The topological polar surface area (TPSA) is 45.7 Å². The van der Waals surface area contributed by atoms with E-state index in [0.29, 0.717) is 5.92 Å². The Morgan fingerprint density at radius 1 is 1.00 bits per heavy atom. The second-order valence-electron chi connectivity index (χ2n) is 6.84. The number of benzene rings is 2. The zero-order valence-corrected chi connectivity index (χ0v) is 15.1. The van der Waals surface area contributed by atoms with Gasteiger partial charge >= 0.3 is 0 Å². The molecule has 3 nitrogen and oxygen atoms in total. The van der Waals surface area contributed by atoms with Crippen molar-refractivity contribution in [2.45, 2.75) is 39.3 Å². The molecule has 140 valence electrons. The summed E-state index contributed by atoms with van der Waals surface area (Å²) in [6.45, 7) is 5.90. The van der Waals surface area contributed by atoms with Crippen molar-refractivity contribution < 1.29 is 23.3 Å². The van der Waals surface area contributed by atoms with Crippen molar-refractivity contribution in [1.82, 2.24) is 0 Å². The minimum absolute atomic E-state index is 0.0618. The molecule has 3 N–H and O–H groups in total. The predicted octanol–water partition coefficient (Wildman–Crippen LogP) is 3.78. The Bertz CT molecular complexity index is 750. The fourth-order valence-electron chi connectivity index (χ4n) is 2.84. The quantitative estimate of drug-likeness (QED) is 0.721. The number of amides is 1. The van der Waals surface area contributed by atoms with Crippen molar-refractivity contribution in [3.63, 3.8) is 0 Å². The van der Waals surface area contributed by atoms with E-state index in [4.69, 9.17) is 0 Å². The monoisotopic (exact) mass is 365 g/mol. The molecule has 0 aromatic heterocycles. The molecule has 2 aromatic carbocycles. The molecule has 0 aliphatic rings. The van der Waals surface area contributed by atoms with Gasteiger partial charge in [-0.25, -0.2) is 13.2 Å². The fourth-order valence-corrected chi connectivity index (χ4v) is 2.84. The number of carbonyl (C=O) groups excluding carboxylic acids is 1. The summed E-state index contributed by atoms with van der Waals surface area (Å²) in [7, 11) is 0. The highest BCUT2D eigenvalue weighted by molar-refractivity contribution is 5.93. The Morgan fingerprint density at radius 3 is 2.27 bits per heavy atom. The van der Waals surface area contributed by atoms with E-state index >= 15 is 0 Å². The molecule has 0 heterocycles. The lowest BCUT2D eigenvalue weighted by Gasteiger charge is -2.22. The molecule has 0 bridgehead atoms. The van der Waals surface area contributed by atoms with Gasteiger partial charge in [0.25, 0.3) is 5.91 Å². The molecular weight excluding hydrogens is 341 g/mol. The SMILES string of the molecule is CC(C)C[C@H]([NH2+][C@@H](C)C(=O)Nc1ccc(F)c(F)c1F)c1ccccc1. The Labute approximate surface area is 151 Å². The highest BCUT2D eigenvalue weighted by Crippen LogP contribution is 2.20. The smallest absolute Gasteiger partial charge is 0.282 e. The maximum absolute atomic E-state index is 13.7. The lowest BCUT2D eigenvalue weighted by atomic mass is 9.96. The lowest BCUT2D eigenvalue weighted by molar-refractivity contribution is -0.714. The van der Waals surface area contributed by atoms with E-state index in [-0.39, 0.29) is 11.7 Å². The summed E-state index contributed by atoms with van der Waals surface area (Å²) in [5.74, 6) is -4.33. The summed E-state index contributed by atoms with van der Waals surface area (Å²) in [5.41, 5.74) is 0.731. The Morgan fingerprint density at radius 2 is 1.65 bits per heavy atom. The van der Waals surface area contributed by atoms with E-state index in [0.717, 1.165) is 24.1 Å². The van der Waals surface area contributed by atoms with E-state index in [1.807, 2.05) is 35.6 Å². The van der Waals surface area contributed by atoms with Gasteiger partial charge in [-0.2, -0.15) is 0 Å². The van der Waals surface area contributed by atoms with Crippen LogP contribution in [-0.4, -0.2) is 11.9 Å². The lowest BCUT2D eigenvalue weighted by Crippen LogP contribution is -2.92. The van der Waals surface area contributed by atoms with Crippen LogP contribution in [0.4, 0.5) is 18.9 Å². The molecule has 2 rings (SSSR count). The molecule has 0 unspecified atom stereocenters. The third-order valence-electron chi connectivity index (χ3n) is 4.18. The molecule has 0 aliphatic carbocycles. The van der Waals surface area contributed by atoms with Gasteiger partial charge in [0.15, 0.2) is 23.5 Å². The van der Waals surface area contributed by atoms with E-state index in [1.54, 1.807) is 6.92 Å². The minimum atomic E-state index is -1.60. The predicted molar refractivity (Wildman–Crippen MR) is 95.0 cm³/mol. The Hall–Kier alpha value is -2.34. The van der Waals surface area contributed by atoms with Gasteiger partial charge in [-0.05, 0) is 25.0 Å². The molecule has 6 heteroatoms. The molecule has 2 aromatic rings. The third kappa shape index (κ3) is 5.08. The van der Waals surface area contributed by atoms with Crippen molar-refractivity contribution in [1.29, 1.82) is 0 Å². The van der Waals surface area contributed by atoms with E-state index in [2.05, 4.69) is 19.2 Å². The molecule has 0 fully saturated rings. The molecular formula is C20H24F3N2O+. The number of carbonyl (C=O) groups is 1. The van der Waals surface area contributed by atoms with E-state index < -0.39 is 29.4 Å². The number of rotatable bonds is 7. The summed E-state index contributed by atoms with van der Waals surface area (Å²) < 4.78 is 40.1. The van der Waals surface area contributed by atoms with Crippen LogP contribution in [0.15, 0.2) is 42.5 Å². The van der Waals surface area contributed by atoms with Gasteiger partial charge in [-0.15, -0.1) is 0 Å². The Kier molecular flexibility index (Phi) is 6.80.